The van der Waals surface area contributed by atoms with Gasteiger partial charge in [-0.25, -0.2) is 4.79 Å². The van der Waals surface area contributed by atoms with Gasteiger partial charge in [-0.05, 0) is 38.1 Å². The van der Waals surface area contributed by atoms with Gasteiger partial charge < -0.3 is 25.0 Å². The second-order valence-corrected chi connectivity index (χ2v) is 5.81. The van der Waals surface area contributed by atoms with E-state index >= 15 is 0 Å². The average Bonchev–Trinajstić information content (AvgIpc) is 2.88. The number of nitrogens with one attached hydrogen (secondary N) is 2. The fourth-order valence-corrected chi connectivity index (χ4v) is 2.69. The maximum Gasteiger partial charge on any atom is 0.315 e. The lowest BCUT2D eigenvalue weighted by atomic mass is 10.2. The van der Waals surface area contributed by atoms with Crippen molar-refractivity contribution in [2.75, 3.05) is 31.8 Å². The molecule has 0 spiro atoms. The van der Waals surface area contributed by atoms with Crippen LogP contribution in [0.5, 0.6) is 5.75 Å². The van der Waals surface area contributed by atoms with Crippen molar-refractivity contribution in [3.63, 3.8) is 0 Å². The van der Waals surface area contributed by atoms with Crippen LogP contribution in [0.4, 0.5) is 10.5 Å². The van der Waals surface area contributed by atoms with E-state index in [-0.39, 0.29) is 24.0 Å². The van der Waals surface area contributed by atoms with Crippen molar-refractivity contribution in [2.45, 2.75) is 32.4 Å². The van der Waals surface area contributed by atoms with Crippen LogP contribution in [-0.4, -0.2) is 50.9 Å². The SMILES string of the molecule is CCOc1ccc(N2C[C@@H](NC(=O)N[C@@H](C)COC)CC2=O)cc1. The van der Waals surface area contributed by atoms with Crippen molar-refractivity contribution in [1.82, 2.24) is 10.6 Å². The molecule has 0 saturated carbocycles. The number of methoxy groups -OCH3 is 1. The van der Waals surface area contributed by atoms with Crippen molar-refractivity contribution in [1.29, 1.82) is 0 Å². The van der Waals surface area contributed by atoms with Gasteiger partial charge in [0.1, 0.15) is 5.75 Å². The van der Waals surface area contributed by atoms with E-state index in [0.717, 1.165) is 11.4 Å². The Morgan fingerprint density at radius 3 is 2.71 bits per heavy atom. The van der Waals surface area contributed by atoms with E-state index in [4.69, 9.17) is 9.47 Å². The van der Waals surface area contributed by atoms with Crippen LogP contribution in [0.1, 0.15) is 20.3 Å². The Morgan fingerprint density at radius 1 is 1.38 bits per heavy atom. The van der Waals surface area contributed by atoms with E-state index in [2.05, 4.69) is 10.6 Å². The third-order valence-corrected chi connectivity index (χ3v) is 3.71. The molecule has 0 aromatic heterocycles. The largest absolute Gasteiger partial charge is 0.494 e. The van der Waals surface area contributed by atoms with E-state index < -0.39 is 0 Å². The van der Waals surface area contributed by atoms with Crippen LogP contribution in [0.25, 0.3) is 0 Å². The van der Waals surface area contributed by atoms with Gasteiger partial charge in [-0.15, -0.1) is 0 Å². The lowest BCUT2D eigenvalue weighted by Crippen LogP contribution is -2.47. The molecule has 1 aromatic rings. The van der Waals surface area contributed by atoms with Gasteiger partial charge >= 0.3 is 6.03 Å². The molecule has 0 aliphatic carbocycles. The first kappa shape index (κ1) is 18.1. The number of ether oxygens (including phenoxy) is 2. The van der Waals surface area contributed by atoms with Gasteiger partial charge in [0.25, 0.3) is 0 Å². The van der Waals surface area contributed by atoms with Gasteiger partial charge in [0, 0.05) is 25.8 Å². The molecule has 1 fully saturated rings. The van der Waals surface area contributed by atoms with Crippen molar-refractivity contribution < 1.29 is 19.1 Å². The highest BCUT2D eigenvalue weighted by Gasteiger charge is 2.31. The predicted molar refractivity (Wildman–Crippen MR) is 91.4 cm³/mol. The van der Waals surface area contributed by atoms with E-state index in [1.807, 2.05) is 38.1 Å². The molecule has 2 N–H and O–H groups in total. The lowest BCUT2D eigenvalue weighted by Gasteiger charge is -2.19. The van der Waals surface area contributed by atoms with E-state index in [9.17, 15) is 9.59 Å². The summed E-state index contributed by atoms with van der Waals surface area (Å²) in [6.45, 7) is 5.28. The molecule has 132 valence electrons. The zero-order valence-corrected chi connectivity index (χ0v) is 14.4. The summed E-state index contributed by atoms with van der Waals surface area (Å²) in [4.78, 5) is 25.8. The van der Waals surface area contributed by atoms with E-state index in [1.54, 1.807) is 12.0 Å². The molecular formula is C17H25N3O4. The van der Waals surface area contributed by atoms with Crippen LogP contribution in [0.2, 0.25) is 0 Å². The van der Waals surface area contributed by atoms with Crippen LogP contribution in [0.15, 0.2) is 24.3 Å². The van der Waals surface area contributed by atoms with E-state index in [0.29, 0.717) is 26.2 Å². The maximum atomic E-state index is 12.2. The van der Waals surface area contributed by atoms with Crippen LogP contribution in [-0.2, 0) is 9.53 Å². The third-order valence-electron chi connectivity index (χ3n) is 3.71. The molecule has 0 radical (unpaired) electrons. The highest BCUT2D eigenvalue weighted by atomic mass is 16.5. The molecule has 7 nitrogen and oxygen atoms in total. The van der Waals surface area contributed by atoms with Crippen molar-refractivity contribution in [3.8, 4) is 5.75 Å². The Labute approximate surface area is 142 Å². The highest BCUT2D eigenvalue weighted by Crippen LogP contribution is 2.24. The summed E-state index contributed by atoms with van der Waals surface area (Å²) in [6, 6.07) is 6.80. The Morgan fingerprint density at radius 2 is 2.08 bits per heavy atom. The van der Waals surface area contributed by atoms with Gasteiger partial charge in [0.2, 0.25) is 5.91 Å². The second-order valence-electron chi connectivity index (χ2n) is 5.81. The smallest absolute Gasteiger partial charge is 0.315 e. The molecular weight excluding hydrogens is 310 g/mol. The standard InChI is InChI=1S/C17H25N3O4/c1-4-24-15-7-5-14(6-8-15)20-10-13(9-16(20)21)19-17(22)18-12(2)11-23-3/h5-8,12-13H,4,9-11H2,1-3H3,(H2,18,19,22)/t12-,13-/m0/s1. The normalized spacial score (nSPS) is 18.4. The quantitative estimate of drug-likeness (QED) is 0.792. The van der Waals surface area contributed by atoms with Crippen LogP contribution >= 0.6 is 0 Å². The first-order chi connectivity index (χ1) is 11.5. The van der Waals surface area contributed by atoms with Crippen LogP contribution in [0, 0.1) is 0 Å². The zero-order chi connectivity index (χ0) is 17.5. The summed E-state index contributed by atoms with van der Waals surface area (Å²) in [6.07, 6.45) is 0.291. The zero-order valence-electron chi connectivity index (χ0n) is 14.4. The molecule has 1 aromatic carbocycles. The number of amides is 3. The molecule has 24 heavy (non-hydrogen) atoms. The Kier molecular flexibility index (Phi) is 6.43. The highest BCUT2D eigenvalue weighted by molar-refractivity contribution is 5.96. The minimum atomic E-state index is -0.286. The van der Waals surface area contributed by atoms with Gasteiger partial charge in [0.05, 0.1) is 25.3 Å². The molecule has 2 atom stereocenters. The molecule has 0 unspecified atom stereocenters. The number of hydrogen-bond acceptors (Lipinski definition) is 4. The number of hydrogen-bond donors (Lipinski definition) is 2. The number of rotatable bonds is 7. The van der Waals surface area contributed by atoms with Crippen molar-refractivity contribution >= 4 is 17.6 Å². The fourth-order valence-electron chi connectivity index (χ4n) is 2.69. The molecule has 3 amide bonds. The van der Waals surface area contributed by atoms with Crippen molar-refractivity contribution in [2.24, 2.45) is 0 Å². The average molecular weight is 335 g/mol. The van der Waals surface area contributed by atoms with E-state index in [1.165, 1.54) is 0 Å². The molecule has 1 saturated heterocycles. The molecule has 7 heteroatoms. The van der Waals surface area contributed by atoms with Gasteiger partial charge in [0.15, 0.2) is 0 Å². The molecule has 1 aliphatic rings. The summed E-state index contributed by atoms with van der Waals surface area (Å²) in [5.41, 5.74) is 0.806. The van der Waals surface area contributed by atoms with Gasteiger partial charge in [-0.3, -0.25) is 4.79 Å². The number of anilines is 1. The van der Waals surface area contributed by atoms with Gasteiger partial charge in [-0.1, -0.05) is 0 Å². The summed E-state index contributed by atoms with van der Waals surface area (Å²) in [5, 5.41) is 5.61. The fraction of sp³-hybridized carbons (Fsp3) is 0.529. The lowest BCUT2D eigenvalue weighted by molar-refractivity contribution is -0.117. The summed E-state index contributed by atoms with van der Waals surface area (Å²) >= 11 is 0. The van der Waals surface area contributed by atoms with Gasteiger partial charge in [-0.2, -0.15) is 0 Å². The minimum Gasteiger partial charge on any atom is -0.494 e. The summed E-state index contributed by atoms with van der Waals surface area (Å²) in [5.74, 6) is 0.767. The Balaban J connectivity index is 1.89. The molecule has 0 bridgehead atoms. The van der Waals surface area contributed by atoms with Crippen LogP contribution in [0.3, 0.4) is 0 Å². The maximum absolute atomic E-state index is 12.2. The summed E-state index contributed by atoms with van der Waals surface area (Å²) in [7, 11) is 1.58. The monoisotopic (exact) mass is 335 g/mol. The number of urea groups is 1. The first-order valence-electron chi connectivity index (χ1n) is 8.12. The first-order valence-corrected chi connectivity index (χ1v) is 8.12. The topological polar surface area (TPSA) is 79.9 Å². The Bertz CT molecular complexity index is 561. The second kappa shape index (κ2) is 8.54. The van der Waals surface area contributed by atoms with Crippen LogP contribution < -0.4 is 20.3 Å². The molecule has 1 heterocycles. The molecule has 2 rings (SSSR count). The number of carbonyl (C=O) groups excluding carboxylic acids is 2. The molecule has 1 aliphatic heterocycles. The number of nitrogens with zero attached hydrogens (tertiary/aromatic N) is 1. The predicted octanol–water partition coefficient (Wildman–Crippen LogP) is 1.52. The number of benzene rings is 1. The third kappa shape index (κ3) is 4.86. The number of carbonyl (C=O) groups is 2. The summed E-state index contributed by atoms with van der Waals surface area (Å²) < 4.78 is 10.4. The van der Waals surface area contributed by atoms with Crippen molar-refractivity contribution in [3.05, 3.63) is 24.3 Å². The Hall–Kier alpha value is -2.28. The minimum absolute atomic E-state index is 0.00519.